The Bertz CT molecular complexity index is 955. The summed E-state index contributed by atoms with van der Waals surface area (Å²) in [5.74, 6) is 1.95. The Labute approximate surface area is 163 Å². The van der Waals surface area contributed by atoms with Crippen molar-refractivity contribution in [1.29, 1.82) is 0 Å². The number of ether oxygens (including phenoxy) is 4. The van der Waals surface area contributed by atoms with Crippen molar-refractivity contribution in [2.24, 2.45) is 0 Å². The quantitative estimate of drug-likeness (QED) is 0.646. The topological polar surface area (TPSA) is 71.0 Å². The summed E-state index contributed by atoms with van der Waals surface area (Å²) in [6, 6.07) is 11.2. The van der Waals surface area contributed by atoms with Crippen molar-refractivity contribution in [3.63, 3.8) is 0 Å². The van der Waals surface area contributed by atoms with Crippen molar-refractivity contribution in [2.75, 3.05) is 35.0 Å². The van der Waals surface area contributed by atoms with Gasteiger partial charge in [0.25, 0.3) is 5.91 Å². The van der Waals surface area contributed by atoms with E-state index in [9.17, 15) is 4.79 Å². The first-order valence-corrected chi connectivity index (χ1v) is 8.82. The lowest BCUT2D eigenvalue weighted by molar-refractivity contribution is 0.0951. The average molecular weight is 384 g/mol. The average Bonchev–Trinajstić information content (AvgIpc) is 3.14. The Hall–Kier alpha value is -3.35. The molecule has 0 aliphatic heterocycles. The van der Waals surface area contributed by atoms with Gasteiger partial charge in [0.15, 0.2) is 11.5 Å². The summed E-state index contributed by atoms with van der Waals surface area (Å²) in [5.41, 5.74) is 1.53. The molecule has 0 unspecified atom stereocenters. The predicted molar refractivity (Wildman–Crippen MR) is 107 cm³/mol. The molecule has 0 bridgehead atoms. The van der Waals surface area contributed by atoms with Gasteiger partial charge in [-0.1, -0.05) is 0 Å². The maximum atomic E-state index is 12.6. The van der Waals surface area contributed by atoms with Crippen molar-refractivity contribution in [2.45, 2.75) is 6.54 Å². The fourth-order valence-corrected chi connectivity index (χ4v) is 3.10. The molecule has 148 valence electrons. The molecule has 3 aromatic rings. The van der Waals surface area contributed by atoms with Gasteiger partial charge in [0.1, 0.15) is 5.75 Å². The molecule has 0 fully saturated rings. The van der Waals surface area contributed by atoms with E-state index in [2.05, 4.69) is 9.88 Å². The van der Waals surface area contributed by atoms with Crippen LogP contribution in [0, 0.1) is 0 Å². The molecule has 1 N–H and O–H groups in total. The molecule has 28 heavy (non-hydrogen) atoms. The van der Waals surface area contributed by atoms with Crippen LogP contribution in [0.15, 0.2) is 42.6 Å². The Morgan fingerprint density at radius 1 is 0.929 bits per heavy atom. The third-order valence-corrected chi connectivity index (χ3v) is 4.54. The number of methoxy groups -OCH3 is 4. The van der Waals surface area contributed by atoms with Crippen LogP contribution >= 0.6 is 0 Å². The Morgan fingerprint density at radius 3 is 2.25 bits per heavy atom. The molecule has 0 saturated carbocycles. The maximum absolute atomic E-state index is 12.6. The first kappa shape index (κ1) is 19.4. The summed E-state index contributed by atoms with van der Waals surface area (Å²) < 4.78 is 23.2. The van der Waals surface area contributed by atoms with Crippen molar-refractivity contribution < 1.29 is 23.7 Å². The summed E-state index contributed by atoms with van der Waals surface area (Å²) in [4.78, 5) is 12.6. The zero-order chi connectivity index (χ0) is 20.1. The molecule has 0 aliphatic rings. The first-order valence-electron chi connectivity index (χ1n) is 8.82. The zero-order valence-electron chi connectivity index (χ0n) is 16.4. The summed E-state index contributed by atoms with van der Waals surface area (Å²) in [6.45, 7) is 1.12. The number of hydrogen-bond donors (Lipinski definition) is 1. The summed E-state index contributed by atoms with van der Waals surface area (Å²) in [5, 5.41) is 4.02. The second-order valence-corrected chi connectivity index (χ2v) is 6.10. The fourth-order valence-electron chi connectivity index (χ4n) is 3.10. The molecule has 0 spiro atoms. The second-order valence-electron chi connectivity index (χ2n) is 6.10. The van der Waals surface area contributed by atoms with Crippen LogP contribution in [-0.2, 0) is 6.54 Å². The minimum Gasteiger partial charge on any atom is -0.497 e. The first-order chi connectivity index (χ1) is 13.6. The number of benzene rings is 2. The molecule has 3 rings (SSSR count). The number of nitrogens with one attached hydrogen (secondary N) is 1. The van der Waals surface area contributed by atoms with E-state index < -0.39 is 0 Å². The molecule has 2 aromatic carbocycles. The second kappa shape index (κ2) is 8.56. The molecule has 0 saturated heterocycles. The van der Waals surface area contributed by atoms with Crippen LogP contribution < -0.4 is 24.3 Å². The van der Waals surface area contributed by atoms with Crippen LogP contribution in [0.4, 0.5) is 0 Å². The van der Waals surface area contributed by atoms with Gasteiger partial charge in [-0.15, -0.1) is 0 Å². The molecule has 0 aliphatic carbocycles. The number of aromatic nitrogens is 1. The van der Waals surface area contributed by atoms with Gasteiger partial charge in [0.05, 0.1) is 28.4 Å². The Kier molecular flexibility index (Phi) is 5.93. The van der Waals surface area contributed by atoms with Gasteiger partial charge in [0.2, 0.25) is 5.75 Å². The SMILES string of the molecule is COc1ccc2c(ccn2CCNC(=O)c2cc(OC)c(OC)c(OC)c2)c1. The van der Waals surface area contributed by atoms with Crippen LogP contribution in [0.5, 0.6) is 23.0 Å². The van der Waals surface area contributed by atoms with Gasteiger partial charge in [-0.25, -0.2) is 0 Å². The fraction of sp³-hybridized carbons (Fsp3) is 0.286. The van der Waals surface area contributed by atoms with Crippen molar-refractivity contribution in [3.05, 3.63) is 48.2 Å². The van der Waals surface area contributed by atoms with Gasteiger partial charge >= 0.3 is 0 Å². The largest absolute Gasteiger partial charge is 0.497 e. The minimum atomic E-state index is -0.211. The lowest BCUT2D eigenvalue weighted by Gasteiger charge is -2.14. The molecule has 0 radical (unpaired) electrons. The van der Waals surface area contributed by atoms with E-state index in [4.69, 9.17) is 18.9 Å². The van der Waals surface area contributed by atoms with Gasteiger partial charge in [-0.05, 0) is 36.4 Å². The van der Waals surface area contributed by atoms with Crippen molar-refractivity contribution >= 4 is 16.8 Å². The Balaban J connectivity index is 1.69. The maximum Gasteiger partial charge on any atom is 0.251 e. The summed E-state index contributed by atoms with van der Waals surface area (Å²) in [7, 11) is 6.21. The Morgan fingerprint density at radius 2 is 1.64 bits per heavy atom. The molecule has 7 nitrogen and oxygen atoms in total. The van der Waals surface area contributed by atoms with Gasteiger partial charge in [-0.2, -0.15) is 0 Å². The van der Waals surface area contributed by atoms with Crippen LogP contribution in [0.2, 0.25) is 0 Å². The van der Waals surface area contributed by atoms with E-state index >= 15 is 0 Å². The standard InChI is InChI=1S/C21H24N2O5/c1-25-16-5-6-17-14(11-16)7-9-23(17)10-8-22-21(24)15-12-18(26-2)20(28-4)19(13-15)27-3/h5-7,9,11-13H,8,10H2,1-4H3,(H,22,24). The van der Waals surface area contributed by atoms with Crippen LogP contribution in [0.3, 0.4) is 0 Å². The zero-order valence-corrected chi connectivity index (χ0v) is 16.4. The number of carbonyl (C=O) groups excluding carboxylic acids is 1. The summed E-state index contributed by atoms with van der Waals surface area (Å²) in [6.07, 6.45) is 2.00. The molecule has 1 aromatic heterocycles. The van der Waals surface area contributed by atoms with Gasteiger partial charge in [-0.3, -0.25) is 4.79 Å². The molecular formula is C21H24N2O5. The lowest BCUT2D eigenvalue weighted by atomic mass is 10.1. The lowest BCUT2D eigenvalue weighted by Crippen LogP contribution is -2.27. The van der Waals surface area contributed by atoms with Crippen molar-refractivity contribution in [3.8, 4) is 23.0 Å². The monoisotopic (exact) mass is 384 g/mol. The van der Waals surface area contributed by atoms with Crippen LogP contribution in [-0.4, -0.2) is 45.5 Å². The third kappa shape index (κ3) is 3.83. The number of nitrogens with zero attached hydrogens (tertiary/aromatic N) is 1. The van der Waals surface area contributed by atoms with E-state index in [1.807, 2.05) is 30.5 Å². The number of hydrogen-bond acceptors (Lipinski definition) is 5. The highest BCUT2D eigenvalue weighted by molar-refractivity contribution is 5.95. The van der Waals surface area contributed by atoms with Crippen molar-refractivity contribution in [1.82, 2.24) is 9.88 Å². The highest BCUT2D eigenvalue weighted by atomic mass is 16.5. The molecule has 1 heterocycles. The van der Waals surface area contributed by atoms with E-state index in [-0.39, 0.29) is 5.91 Å². The van der Waals surface area contributed by atoms with Crippen LogP contribution in [0.25, 0.3) is 10.9 Å². The number of fused-ring (bicyclic) bond motifs is 1. The minimum absolute atomic E-state index is 0.211. The highest BCUT2D eigenvalue weighted by Crippen LogP contribution is 2.38. The van der Waals surface area contributed by atoms with Gasteiger partial charge in [0, 0.05) is 35.8 Å². The molecule has 7 heteroatoms. The number of carbonyl (C=O) groups is 1. The van der Waals surface area contributed by atoms with Gasteiger partial charge < -0.3 is 28.8 Å². The van der Waals surface area contributed by atoms with Crippen LogP contribution in [0.1, 0.15) is 10.4 Å². The normalized spacial score (nSPS) is 10.6. The highest BCUT2D eigenvalue weighted by Gasteiger charge is 2.16. The molecule has 1 amide bonds. The third-order valence-electron chi connectivity index (χ3n) is 4.54. The van der Waals surface area contributed by atoms with E-state index in [0.717, 1.165) is 16.7 Å². The summed E-state index contributed by atoms with van der Waals surface area (Å²) >= 11 is 0. The smallest absolute Gasteiger partial charge is 0.251 e. The van der Waals surface area contributed by atoms with E-state index in [1.54, 1.807) is 19.2 Å². The van der Waals surface area contributed by atoms with E-state index in [1.165, 1.54) is 21.3 Å². The number of amides is 1. The molecule has 0 atom stereocenters. The number of rotatable bonds is 8. The predicted octanol–water partition coefficient (Wildman–Crippen LogP) is 3.11. The molecular weight excluding hydrogens is 360 g/mol. The van der Waals surface area contributed by atoms with E-state index in [0.29, 0.717) is 35.9 Å².